The van der Waals surface area contributed by atoms with Crippen molar-refractivity contribution in [2.45, 2.75) is 0 Å². The van der Waals surface area contributed by atoms with Gasteiger partial charge in [0.15, 0.2) is 5.78 Å². The van der Waals surface area contributed by atoms with Gasteiger partial charge in [0.2, 0.25) is 0 Å². The van der Waals surface area contributed by atoms with Crippen molar-refractivity contribution in [2.75, 3.05) is 32.6 Å². The zero-order chi connectivity index (χ0) is 11.4. The topological polar surface area (TPSA) is 52.6 Å². The van der Waals surface area contributed by atoms with Gasteiger partial charge in [-0.05, 0) is 25.2 Å². The fourth-order valence-corrected chi connectivity index (χ4v) is 1.28. The summed E-state index contributed by atoms with van der Waals surface area (Å²) < 4.78 is 0. The Kier molecular flexibility index (Phi) is 3.68. The van der Waals surface area contributed by atoms with Gasteiger partial charge in [-0.1, -0.05) is 0 Å². The van der Waals surface area contributed by atoms with Gasteiger partial charge in [0.1, 0.15) is 5.75 Å². The van der Waals surface area contributed by atoms with Crippen molar-refractivity contribution in [1.82, 2.24) is 5.32 Å². The van der Waals surface area contributed by atoms with Crippen molar-refractivity contribution in [1.29, 1.82) is 0 Å². The highest BCUT2D eigenvalue weighted by Gasteiger charge is 2.11. The third-order valence-electron chi connectivity index (χ3n) is 2.13. The molecule has 4 heteroatoms. The zero-order valence-electron chi connectivity index (χ0n) is 9.24. The minimum absolute atomic E-state index is 0.0286. The predicted molar refractivity (Wildman–Crippen MR) is 60.7 cm³/mol. The van der Waals surface area contributed by atoms with Crippen LogP contribution in [0.15, 0.2) is 18.2 Å². The van der Waals surface area contributed by atoms with Gasteiger partial charge in [0.05, 0.1) is 12.1 Å². The van der Waals surface area contributed by atoms with Crippen LogP contribution in [0.4, 0.5) is 5.69 Å². The quantitative estimate of drug-likeness (QED) is 0.721. The van der Waals surface area contributed by atoms with Crippen molar-refractivity contribution in [2.24, 2.45) is 0 Å². The molecule has 0 atom stereocenters. The largest absolute Gasteiger partial charge is 0.507 e. The molecule has 0 bridgehead atoms. The summed E-state index contributed by atoms with van der Waals surface area (Å²) in [7, 11) is 5.47. The summed E-state index contributed by atoms with van der Waals surface area (Å²) in [6.45, 7) is 0.227. The molecule has 0 heterocycles. The molecule has 82 valence electrons. The first kappa shape index (κ1) is 11.5. The monoisotopic (exact) mass is 208 g/mol. The van der Waals surface area contributed by atoms with Gasteiger partial charge >= 0.3 is 0 Å². The van der Waals surface area contributed by atoms with Crippen molar-refractivity contribution >= 4 is 11.5 Å². The fraction of sp³-hybridized carbons (Fsp3) is 0.364. The molecule has 0 unspecified atom stereocenters. The number of likely N-dealkylation sites (N-methyl/N-ethyl adjacent to an activating group) is 1. The Morgan fingerprint density at radius 3 is 2.67 bits per heavy atom. The summed E-state index contributed by atoms with van der Waals surface area (Å²) in [5.74, 6) is -0.0837. The number of rotatable bonds is 4. The van der Waals surface area contributed by atoms with Crippen molar-refractivity contribution in [3.05, 3.63) is 23.8 Å². The number of benzene rings is 1. The summed E-state index contributed by atoms with van der Waals surface area (Å²) in [5, 5.41) is 12.3. The molecule has 0 fully saturated rings. The van der Waals surface area contributed by atoms with Gasteiger partial charge in [-0.3, -0.25) is 4.79 Å². The van der Waals surface area contributed by atoms with Crippen LogP contribution >= 0.6 is 0 Å². The summed E-state index contributed by atoms with van der Waals surface area (Å²) in [5.41, 5.74) is 1.25. The molecule has 0 radical (unpaired) electrons. The highest BCUT2D eigenvalue weighted by atomic mass is 16.3. The molecule has 0 aliphatic rings. The lowest BCUT2D eigenvalue weighted by Gasteiger charge is -2.14. The molecule has 1 aromatic rings. The molecule has 0 aliphatic carbocycles. The molecule has 4 nitrogen and oxygen atoms in total. The van der Waals surface area contributed by atoms with Crippen LogP contribution in [0.2, 0.25) is 0 Å². The van der Waals surface area contributed by atoms with E-state index in [4.69, 9.17) is 0 Å². The third-order valence-corrected chi connectivity index (χ3v) is 2.13. The molecule has 2 N–H and O–H groups in total. The molecular weight excluding hydrogens is 192 g/mol. The highest BCUT2D eigenvalue weighted by Crippen LogP contribution is 2.23. The standard InChI is InChI=1S/C11H16N2O2/c1-12-7-11(15)9-6-8(13(2)3)4-5-10(9)14/h4-6,12,14H,7H2,1-3H3. The maximum absolute atomic E-state index is 11.6. The van der Waals surface area contributed by atoms with Gasteiger partial charge in [0.25, 0.3) is 0 Å². The fourth-order valence-electron chi connectivity index (χ4n) is 1.28. The van der Waals surface area contributed by atoms with E-state index in [0.29, 0.717) is 5.56 Å². The van der Waals surface area contributed by atoms with Crippen molar-refractivity contribution in [3.63, 3.8) is 0 Å². The molecular formula is C11H16N2O2. The normalized spacial score (nSPS) is 10.1. The Morgan fingerprint density at radius 2 is 2.13 bits per heavy atom. The molecule has 0 aliphatic heterocycles. The van der Waals surface area contributed by atoms with E-state index in [0.717, 1.165) is 5.69 Å². The summed E-state index contributed by atoms with van der Waals surface area (Å²) in [4.78, 5) is 13.5. The van der Waals surface area contributed by atoms with E-state index in [1.807, 2.05) is 19.0 Å². The molecule has 15 heavy (non-hydrogen) atoms. The maximum atomic E-state index is 11.6. The lowest BCUT2D eigenvalue weighted by atomic mass is 10.1. The van der Waals surface area contributed by atoms with E-state index in [1.54, 1.807) is 19.2 Å². The number of aromatic hydroxyl groups is 1. The SMILES string of the molecule is CNCC(=O)c1cc(N(C)C)ccc1O. The minimum atomic E-state index is -0.112. The second-order valence-corrected chi connectivity index (χ2v) is 3.55. The van der Waals surface area contributed by atoms with Crippen LogP contribution in [0.5, 0.6) is 5.75 Å². The second-order valence-electron chi connectivity index (χ2n) is 3.55. The summed E-state index contributed by atoms with van der Waals surface area (Å²) in [6.07, 6.45) is 0. The predicted octanol–water partition coefficient (Wildman–Crippen LogP) is 0.860. The first-order valence-electron chi connectivity index (χ1n) is 4.74. The molecule has 1 rings (SSSR count). The van der Waals surface area contributed by atoms with Gasteiger partial charge in [-0.25, -0.2) is 0 Å². The number of carbonyl (C=O) groups excluding carboxylic acids is 1. The molecule has 0 spiro atoms. The van der Waals surface area contributed by atoms with Crippen LogP contribution in [0.1, 0.15) is 10.4 Å². The van der Waals surface area contributed by atoms with E-state index in [2.05, 4.69) is 5.32 Å². The lowest BCUT2D eigenvalue weighted by molar-refractivity contribution is 0.0991. The second kappa shape index (κ2) is 4.79. The molecule has 0 amide bonds. The molecule has 0 saturated carbocycles. The van der Waals surface area contributed by atoms with E-state index in [1.165, 1.54) is 6.07 Å². The van der Waals surface area contributed by atoms with E-state index in [9.17, 15) is 9.90 Å². The van der Waals surface area contributed by atoms with Gasteiger partial charge in [0, 0.05) is 19.8 Å². The first-order valence-corrected chi connectivity index (χ1v) is 4.74. The summed E-state index contributed by atoms with van der Waals surface area (Å²) >= 11 is 0. The van der Waals surface area contributed by atoms with Crippen molar-refractivity contribution in [3.8, 4) is 5.75 Å². The number of carbonyl (C=O) groups is 1. The van der Waals surface area contributed by atoms with Crippen LogP contribution in [0.3, 0.4) is 0 Å². The summed E-state index contributed by atoms with van der Waals surface area (Å²) in [6, 6.07) is 5.00. The first-order chi connectivity index (χ1) is 7.06. The Bertz CT molecular complexity index is 362. The van der Waals surface area contributed by atoms with Crippen LogP contribution in [-0.4, -0.2) is 38.6 Å². The number of Topliss-reactive ketones (excluding diaryl/α,β-unsaturated/α-hetero) is 1. The third kappa shape index (κ3) is 2.70. The number of ketones is 1. The van der Waals surface area contributed by atoms with E-state index >= 15 is 0 Å². The number of nitrogens with zero attached hydrogens (tertiary/aromatic N) is 1. The van der Waals surface area contributed by atoms with Crippen LogP contribution in [0, 0.1) is 0 Å². The number of phenols is 1. The maximum Gasteiger partial charge on any atom is 0.180 e. The smallest absolute Gasteiger partial charge is 0.180 e. The number of anilines is 1. The van der Waals surface area contributed by atoms with Gasteiger partial charge < -0.3 is 15.3 Å². The number of phenolic OH excluding ortho intramolecular Hbond substituents is 1. The zero-order valence-corrected chi connectivity index (χ0v) is 9.24. The van der Waals surface area contributed by atoms with Crippen LogP contribution in [-0.2, 0) is 0 Å². The van der Waals surface area contributed by atoms with Gasteiger partial charge in [-0.15, -0.1) is 0 Å². The average Bonchev–Trinajstić information content (AvgIpc) is 2.18. The average molecular weight is 208 g/mol. The number of hydrogen-bond acceptors (Lipinski definition) is 4. The Labute approximate surface area is 89.5 Å². The Morgan fingerprint density at radius 1 is 1.47 bits per heavy atom. The molecule has 0 saturated heterocycles. The molecule has 1 aromatic carbocycles. The lowest BCUT2D eigenvalue weighted by Crippen LogP contribution is -2.19. The molecule has 0 aromatic heterocycles. The number of nitrogens with one attached hydrogen (secondary N) is 1. The van der Waals surface area contributed by atoms with E-state index in [-0.39, 0.29) is 18.1 Å². The van der Waals surface area contributed by atoms with Crippen LogP contribution in [0.25, 0.3) is 0 Å². The highest BCUT2D eigenvalue weighted by molar-refractivity contribution is 6.00. The Hall–Kier alpha value is -1.55. The van der Waals surface area contributed by atoms with Crippen molar-refractivity contribution < 1.29 is 9.90 Å². The number of hydrogen-bond donors (Lipinski definition) is 2. The van der Waals surface area contributed by atoms with E-state index < -0.39 is 0 Å². The van der Waals surface area contributed by atoms with Gasteiger partial charge in [-0.2, -0.15) is 0 Å². The van der Waals surface area contributed by atoms with Crippen LogP contribution < -0.4 is 10.2 Å². The minimum Gasteiger partial charge on any atom is -0.507 e. The Balaban J connectivity index is 3.05.